The maximum atomic E-state index is 3.91. The van der Waals surface area contributed by atoms with Gasteiger partial charge in [0.2, 0.25) is 0 Å². The Hall–Kier alpha value is -1.38. The largest absolute Gasteiger partial charge is 0.298 e. The fourth-order valence-electron chi connectivity index (χ4n) is 3.32. The number of benzene rings is 2. The van der Waals surface area contributed by atoms with Gasteiger partial charge in [-0.05, 0) is 42.2 Å². The lowest BCUT2D eigenvalue weighted by atomic mass is 9.87. The smallest absolute Gasteiger partial charge is 0.0220 e. The normalized spacial score (nSPS) is 18.5. The first-order chi connectivity index (χ1) is 10.7. The van der Waals surface area contributed by atoms with Crippen molar-refractivity contribution in [3.63, 3.8) is 0 Å². The van der Waals surface area contributed by atoms with Crippen molar-refractivity contribution in [3.05, 3.63) is 81.8 Å². The molecule has 1 unspecified atom stereocenters. The lowest BCUT2D eigenvalue weighted by molar-refractivity contribution is 0.306. The zero-order chi connectivity index (χ0) is 15.5. The highest BCUT2D eigenvalue weighted by Crippen LogP contribution is 2.32. The van der Waals surface area contributed by atoms with E-state index in [4.69, 9.17) is 0 Å². The van der Waals surface area contributed by atoms with Crippen molar-refractivity contribution in [2.24, 2.45) is 0 Å². The molecule has 0 bridgehead atoms. The molecule has 0 saturated heterocycles. The summed E-state index contributed by atoms with van der Waals surface area (Å²) in [6.45, 7) is 9.22. The van der Waals surface area contributed by atoms with Gasteiger partial charge in [0.25, 0.3) is 0 Å². The Labute approximate surface area is 141 Å². The maximum absolute atomic E-state index is 3.91. The molecule has 0 aromatic heterocycles. The molecule has 0 aliphatic carbocycles. The van der Waals surface area contributed by atoms with Crippen molar-refractivity contribution < 1.29 is 0 Å². The van der Waals surface area contributed by atoms with E-state index in [0.717, 1.165) is 30.5 Å². The highest BCUT2D eigenvalue weighted by atomic mass is 79.9. The number of hydrogen-bond acceptors (Lipinski definition) is 1. The second kappa shape index (κ2) is 6.80. The molecule has 2 heteroatoms. The summed E-state index contributed by atoms with van der Waals surface area (Å²) in [6, 6.07) is 15.7. The summed E-state index contributed by atoms with van der Waals surface area (Å²) in [5.41, 5.74) is 5.73. The molecule has 0 saturated carbocycles. The minimum Gasteiger partial charge on any atom is -0.298 e. The number of halogens is 1. The molecular weight excluding hydrogens is 334 g/mol. The first kappa shape index (κ1) is 15.5. The highest BCUT2D eigenvalue weighted by Gasteiger charge is 2.24. The summed E-state index contributed by atoms with van der Waals surface area (Å²) in [5.74, 6) is 0.436. The minimum atomic E-state index is 0.436. The van der Waals surface area contributed by atoms with Gasteiger partial charge in [-0.15, -0.1) is 6.58 Å². The van der Waals surface area contributed by atoms with Crippen LogP contribution in [0.5, 0.6) is 0 Å². The topological polar surface area (TPSA) is 3.24 Å². The third kappa shape index (κ3) is 3.34. The standard InChI is InChI=1S/C20H22BrN/c1-3-11-22-12-10-17-5-4-15(2)13-19(17)20(14-22)16-6-8-18(21)9-7-16/h3-9,13,20H,1,10-12,14H2,2H3. The average molecular weight is 356 g/mol. The van der Waals surface area contributed by atoms with Gasteiger partial charge in [0.05, 0.1) is 0 Å². The Morgan fingerprint density at radius 2 is 2.00 bits per heavy atom. The van der Waals surface area contributed by atoms with Crippen LogP contribution in [-0.2, 0) is 6.42 Å². The molecule has 22 heavy (non-hydrogen) atoms. The van der Waals surface area contributed by atoms with Crippen LogP contribution in [0, 0.1) is 6.92 Å². The Bertz CT molecular complexity index is 660. The Kier molecular flexibility index (Phi) is 4.80. The van der Waals surface area contributed by atoms with Crippen LogP contribution in [0.3, 0.4) is 0 Å². The molecule has 0 amide bonds. The monoisotopic (exact) mass is 355 g/mol. The molecule has 1 aliphatic heterocycles. The van der Waals surface area contributed by atoms with Gasteiger partial charge in [-0.25, -0.2) is 0 Å². The van der Waals surface area contributed by atoms with E-state index in [9.17, 15) is 0 Å². The van der Waals surface area contributed by atoms with Crippen molar-refractivity contribution in [1.29, 1.82) is 0 Å². The van der Waals surface area contributed by atoms with Crippen LogP contribution in [-0.4, -0.2) is 24.5 Å². The summed E-state index contributed by atoms with van der Waals surface area (Å²) in [6.07, 6.45) is 3.14. The molecule has 2 aromatic rings. The predicted molar refractivity (Wildman–Crippen MR) is 97.5 cm³/mol. The van der Waals surface area contributed by atoms with Gasteiger partial charge in [-0.3, -0.25) is 4.90 Å². The summed E-state index contributed by atoms with van der Waals surface area (Å²) in [5, 5.41) is 0. The van der Waals surface area contributed by atoms with Crippen molar-refractivity contribution in [2.75, 3.05) is 19.6 Å². The average Bonchev–Trinajstić information content (AvgIpc) is 2.68. The number of rotatable bonds is 3. The van der Waals surface area contributed by atoms with E-state index in [1.807, 2.05) is 6.08 Å². The van der Waals surface area contributed by atoms with E-state index < -0.39 is 0 Å². The molecule has 1 aliphatic rings. The van der Waals surface area contributed by atoms with Crippen LogP contribution in [0.25, 0.3) is 0 Å². The fourth-order valence-corrected chi connectivity index (χ4v) is 3.59. The van der Waals surface area contributed by atoms with Crippen LogP contribution in [0.2, 0.25) is 0 Å². The summed E-state index contributed by atoms with van der Waals surface area (Å²) >= 11 is 3.54. The van der Waals surface area contributed by atoms with E-state index >= 15 is 0 Å². The Morgan fingerprint density at radius 3 is 2.73 bits per heavy atom. The van der Waals surface area contributed by atoms with Gasteiger partial charge in [0, 0.05) is 30.0 Å². The second-order valence-electron chi connectivity index (χ2n) is 6.10. The van der Waals surface area contributed by atoms with E-state index in [1.54, 1.807) is 0 Å². The van der Waals surface area contributed by atoms with Crippen LogP contribution >= 0.6 is 15.9 Å². The molecule has 1 heterocycles. The summed E-state index contributed by atoms with van der Waals surface area (Å²) < 4.78 is 1.14. The molecule has 0 spiro atoms. The molecule has 1 atom stereocenters. The molecule has 114 valence electrons. The number of aryl methyl sites for hydroxylation is 1. The SMILES string of the molecule is C=CCN1CCc2ccc(C)cc2C(c2ccc(Br)cc2)C1. The summed E-state index contributed by atoms with van der Waals surface area (Å²) in [7, 11) is 0. The maximum Gasteiger partial charge on any atom is 0.0220 e. The Balaban J connectivity index is 2.04. The van der Waals surface area contributed by atoms with E-state index in [-0.39, 0.29) is 0 Å². The minimum absolute atomic E-state index is 0.436. The number of hydrogen-bond donors (Lipinski definition) is 0. The van der Waals surface area contributed by atoms with Crippen LogP contribution < -0.4 is 0 Å². The highest BCUT2D eigenvalue weighted by molar-refractivity contribution is 9.10. The van der Waals surface area contributed by atoms with E-state index in [0.29, 0.717) is 5.92 Å². The number of nitrogens with zero attached hydrogens (tertiary/aromatic N) is 1. The van der Waals surface area contributed by atoms with Crippen LogP contribution in [0.4, 0.5) is 0 Å². The van der Waals surface area contributed by atoms with Gasteiger partial charge < -0.3 is 0 Å². The summed E-state index contributed by atoms with van der Waals surface area (Å²) in [4.78, 5) is 2.51. The van der Waals surface area contributed by atoms with Crippen molar-refractivity contribution in [1.82, 2.24) is 4.90 Å². The molecule has 2 aromatic carbocycles. The molecular formula is C20H22BrN. The lowest BCUT2D eigenvalue weighted by Gasteiger charge is -2.24. The van der Waals surface area contributed by atoms with Crippen molar-refractivity contribution in [2.45, 2.75) is 19.3 Å². The van der Waals surface area contributed by atoms with Gasteiger partial charge in [-0.2, -0.15) is 0 Å². The van der Waals surface area contributed by atoms with E-state index in [1.165, 1.54) is 22.3 Å². The van der Waals surface area contributed by atoms with Gasteiger partial charge >= 0.3 is 0 Å². The molecule has 0 fully saturated rings. The second-order valence-corrected chi connectivity index (χ2v) is 7.02. The fraction of sp³-hybridized carbons (Fsp3) is 0.300. The molecule has 1 nitrogen and oxygen atoms in total. The van der Waals surface area contributed by atoms with Gasteiger partial charge in [0.1, 0.15) is 0 Å². The van der Waals surface area contributed by atoms with Crippen molar-refractivity contribution in [3.8, 4) is 0 Å². The first-order valence-corrected chi connectivity index (χ1v) is 8.65. The molecule has 0 N–H and O–H groups in total. The third-order valence-electron chi connectivity index (χ3n) is 4.47. The quantitative estimate of drug-likeness (QED) is 0.705. The molecule has 3 rings (SSSR count). The number of fused-ring (bicyclic) bond motifs is 1. The van der Waals surface area contributed by atoms with Crippen molar-refractivity contribution >= 4 is 15.9 Å². The zero-order valence-corrected chi connectivity index (χ0v) is 14.6. The van der Waals surface area contributed by atoms with Crippen LogP contribution in [0.1, 0.15) is 28.2 Å². The van der Waals surface area contributed by atoms with Gasteiger partial charge in [-0.1, -0.05) is 57.9 Å². The van der Waals surface area contributed by atoms with E-state index in [2.05, 4.69) is 76.8 Å². The Morgan fingerprint density at radius 1 is 1.23 bits per heavy atom. The van der Waals surface area contributed by atoms with Gasteiger partial charge in [0.15, 0.2) is 0 Å². The lowest BCUT2D eigenvalue weighted by Crippen LogP contribution is -2.28. The molecule has 0 radical (unpaired) electrons. The third-order valence-corrected chi connectivity index (χ3v) is 5.00. The predicted octanol–water partition coefficient (Wildman–Crippen LogP) is 4.93. The first-order valence-electron chi connectivity index (χ1n) is 7.85. The zero-order valence-electron chi connectivity index (χ0n) is 13.1. The van der Waals surface area contributed by atoms with Crippen LogP contribution in [0.15, 0.2) is 59.6 Å².